The molecule has 0 aromatic heterocycles. The second kappa shape index (κ2) is 6.60. The fourth-order valence-electron chi connectivity index (χ4n) is 2.71. The number of alkyl halides is 3. The SMILES string of the molecule is O=C(O)c1ccc(C(F)(F)F)cc1Nc1ccc([N+](=O)[O-])c2ccccc12. The quantitative estimate of drug-likeness (QED) is 0.482. The highest BCUT2D eigenvalue weighted by Crippen LogP contribution is 2.36. The summed E-state index contributed by atoms with van der Waals surface area (Å²) in [7, 11) is 0. The predicted octanol–water partition coefficient (Wildman–Crippen LogP) is 5.21. The van der Waals surface area contributed by atoms with Gasteiger partial charge in [-0.3, -0.25) is 10.1 Å². The van der Waals surface area contributed by atoms with Crippen LogP contribution in [0, 0.1) is 10.1 Å². The van der Waals surface area contributed by atoms with Crippen LogP contribution in [0.5, 0.6) is 0 Å². The van der Waals surface area contributed by atoms with Crippen molar-refractivity contribution >= 4 is 33.8 Å². The zero-order valence-corrected chi connectivity index (χ0v) is 13.4. The topological polar surface area (TPSA) is 92.5 Å². The Morgan fingerprint density at radius 1 is 1.00 bits per heavy atom. The van der Waals surface area contributed by atoms with E-state index in [0.29, 0.717) is 17.5 Å². The summed E-state index contributed by atoms with van der Waals surface area (Å²) < 4.78 is 39.0. The number of carboxylic acids is 1. The highest BCUT2D eigenvalue weighted by Gasteiger charge is 2.31. The molecule has 0 bridgehead atoms. The minimum atomic E-state index is -4.65. The van der Waals surface area contributed by atoms with Crippen molar-refractivity contribution in [1.82, 2.24) is 0 Å². The molecule has 0 amide bonds. The van der Waals surface area contributed by atoms with Crippen LogP contribution in [0.4, 0.5) is 30.2 Å². The summed E-state index contributed by atoms with van der Waals surface area (Å²) in [6.07, 6.45) is -4.65. The fraction of sp³-hybridized carbons (Fsp3) is 0.0556. The van der Waals surface area contributed by atoms with Gasteiger partial charge in [-0.2, -0.15) is 13.2 Å². The molecule has 0 aliphatic heterocycles. The molecule has 3 aromatic carbocycles. The van der Waals surface area contributed by atoms with Crippen molar-refractivity contribution in [2.24, 2.45) is 0 Å². The van der Waals surface area contributed by atoms with Crippen molar-refractivity contribution in [1.29, 1.82) is 0 Å². The number of nitrogens with zero attached hydrogens (tertiary/aromatic N) is 1. The molecular formula is C18H11F3N2O4. The van der Waals surface area contributed by atoms with Crippen LogP contribution in [0.3, 0.4) is 0 Å². The summed E-state index contributed by atoms with van der Waals surface area (Å²) >= 11 is 0. The summed E-state index contributed by atoms with van der Waals surface area (Å²) in [4.78, 5) is 22.0. The second-order valence-electron chi connectivity index (χ2n) is 5.62. The molecular weight excluding hydrogens is 365 g/mol. The standard InChI is InChI=1S/C18H11F3N2O4/c19-18(20,21)10-5-6-13(17(24)25)15(9-10)22-14-7-8-16(23(26)27)12-4-2-1-3-11(12)14/h1-9,22H,(H,24,25). The second-order valence-corrected chi connectivity index (χ2v) is 5.62. The van der Waals surface area contributed by atoms with Gasteiger partial charge in [0.2, 0.25) is 0 Å². The van der Waals surface area contributed by atoms with Crippen molar-refractivity contribution in [3.63, 3.8) is 0 Å². The molecule has 0 fully saturated rings. The summed E-state index contributed by atoms with van der Waals surface area (Å²) in [5.41, 5.74) is -1.56. The van der Waals surface area contributed by atoms with Crippen LogP contribution in [0.15, 0.2) is 54.6 Å². The van der Waals surface area contributed by atoms with E-state index in [0.717, 1.165) is 6.07 Å². The molecule has 3 aromatic rings. The Bertz CT molecular complexity index is 1060. The molecule has 0 saturated carbocycles. The Morgan fingerprint density at radius 2 is 1.67 bits per heavy atom. The highest BCUT2D eigenvalue weighted by atomic mass is 19.4. The molecule has 3 rings (SSSR count). The number of rotatable bonds is 4. The van der Waals surface area contributed by atoms with Crippen LogP contribution in [0.2, 0.25) is 0 Å². The van der Waals surface area contributed by atoms with E-state index in [4.69, 9.17) is 0 Å². The van der Waals surface area contributed by atoms with Gasteiger partial charge in [-0.05, 0) is 30.3 Å². The maximum absolute atomic E-state index is 13.0. The molecule has 0 atom stereocenters. The lowest BCUT2D eigenvalue weighted by Gasteiger charge is -2.15. The number of carboxylic acid groups (broad SMARTS) is 1. The number of non-ortho nitro benzene ring substituents is 1. The van der Waals surface area contributed by atoms with Gasteiger partial charge < -0.3 is 10.4 Å². The molecule has 27 heavy (non-hydrogen) atoms. The van der Waals surface area contributed by atoms with Gasteiger partial charge in [0.25, 0.3) is 5.69 Å². The Hall–Kier alpha value is -3.62. The van der Waals surface area contributed by atoms with Gasteiger partial charge in [-0.1, -0.05) is 18.2 Å². The summed E-state index contributed by atoms with van der Waals surface area (Å²) in [5.74, 6) is -1.41. The molecule has 0 radical (unpaired) electrons. The molecule has 0 heterocycles. The molecule has 0 aliphatic rings. The number of nitro groups is 1. The Kier molecular flexibility index (Phi) is 4.44. The van der Waals surface area contributed by atoms with E-state index in [-0.39, 0.29) is 28.0 Å². The minimum absolute atomic E-state index is 0.168. The van der Waals surface area contributed by atoms with Gasteiger partial charge in [0, 0.05) is 17.1 Å². The van der Waals surface area contributed by atoms with E-state index in [1.165, 1.54) is 18.2 Å². The van der Waals surface area contributed by atoms with Gasteiger partial charge in [0.15, 0.2) is 0 Å². The van der Waals surface area contributed by atoms with Gasteiger partial charge in [-0.15, -0.1) is 0 Å². The van der Waals surface area contributed by atoms with Gasteiger partial charge in [0.1, 0.15) is 0 Å². The first-order valence-corrected chi connectivity index (χ1v) is 7.56. The van der Waals surface area contributed by atoms with Crippen molar-refractivity contribution in [3.8, 4) is 0 Å². The molecule has 138 valence electrons. The largest absolute Gasteiger partial charge is 0.478 e. The van der Waals surface area contributed by atoms with Crippen LogP contribution in [-0.2, 0) is 6.18 Å². The third kappa shape index (κ3) is 3.52. The molecule has 0 aliphatic carbocycles. The number of hydrogen-bond acceptors (Lipinski definition) is 4. The van der Waals surface area contributed by atoms with E-state index in [9.17, 15) is 33.2 Å². The maximum Gasteiger partial charge on any atom is 0.416 e. The lowest BCUT2D eigenvalue weighted by Crippen LogP contribution is -2.09. The Morgan fingerprint density at radius 3 is 2.26 bits per heavy atom. The maximum atomic E-state index is 13.0. The van der Waals surface area contributed by atoms with E-state index >= 15 is 0 Å². The number of nitrogens with one attached hydrogen (secondary N) is 1. The summed E-state index contributed by atoms with van der Waals surface area (Å²) in [6, 6.07) is 11.0. The third-order valence-corrected chi connectivity index (χ3v) is 3.94. The molecule has 2 N–H and O–H groups in total. The monoisotopic (exact) mass is 376 g/mol. The minimum Gasteiger partial charge on any atom is -0.478 e. The number of hydrogen-bond donors (Lipinski definition) is 2. The number of fused-ring (bicyclic) bond motifs is 1. The third-order valence-electron chi connectivity index (χ3n) is 3.94. The normalized spacial score (nSPS) is 11.4. The first-order chi connectivity index (χ1) is 12.7. The van der Waals surface area contributed by atoms with E-state index < -0.39 is 22.6 Å². The highest BCUT2D eigenvalue weighted by molar-refractivity contribution is 6.02. The van der Waals surface area contributed by atoms with Crippen molar-refractivity contribution in [2.75, 3.05) is 5.32 Å². The zero-order chi connectivity index (χ0) is 19.8. The first-order valence-electron chi connectivity index (χ1n) is 7.56. The number of halogens is 3. The van der Waals surface area contributed by atoms with Crippen LogP contribution in [0.25, 0.3) is 10.8 Å². The average Bonchev–Trinajstić information content (AvgIpc) is 2.60. The van der Waals surface area contributed by atoms with E-state index in [2.05, 4.69) is 5.32 Å². The Labute approximate surface area is 150 Å². The number of carbonyl (C=O) groups is 1. The molecule has 9 heteroatoms. The lowest BCUT2D eigenvalue weighted by molar-refractivity contribution is -0.383. The summed E-state index contributed by atoms with van der Waals surface area (Å²) in [6.45, 7) is 0. The fourth-order valence-corrected chi connectivity index (χ4v) is 2.71. The van der Waals surface area contributed by atoms with E-state index in [1.54, 1.807) is 18.2 Å². The van der Waals surface area contributed by atoms with Gasteiger partial charge in [-0.25, -0.2) is 4.79 Å². The van der Waals surface area contributed by atoms with Crippen LogP contribution < -0.4 is 5.32 Å². The van der Waals surface area contributed by atoms with Gasteiger partial charge in [0.05, 0.1) is 27.1 Å². The lowest BCUT2D eigenvalue weighted by atomic mass is 10.0. The zero-order valence-electron chi connectivity index (χ0n) is 13.4. The molecule has 6 nitrogen and oxygen atoms in total. The molecule has 0 saturated heterocycles. The van der Waals surface area contributed by atoms with Crippen LogP contribution in [0.1, 0.15) is 15.9 Å². The molecule has 0 unspecified atom stereocenters. The predicted molar refractivity (Wildman–Crippen MR) is 92.3 cm³/mol. The smallest absolute Gasteiger partial charge is 0.416 e. The number of anilines is 2. The van der Waals surface area contributed by atoms with Crippen molar-refractivity contribution in [2.45, 2.75) is 6.18 Å². The van der Waals surface area contributed by atoms with E-state index in [1.807, 2.05) is 0 Å². The summed E-state index contributed by atoms with van der Waals surface area (Å²) in [5, 5.41) is 23.7. The number of nitro benzene ring substituents is 1. The van der Waals surface area contributed by atoms with Crippen LogP contribution in [-0.4, -0.2) is 16.0 Å². The first kappa shape index (κ1) is 18.2. The average molecular weight is 376 g/mol. The molecule has 0 spiro atoms. The Balaban J connectivity index is 2.17. The number of benzene rings is 3. The van der Waals surface area contributed by atoms with Crippen molar-refractivity contribution < 1.29 is 28.0 Å². The van der Waals surface area contributed by atoms with Crippen molar-refractivity contribution in [3.05, 3.63) is 75.8 Å². The van der Waals surface area contributed by atoms with Gasteiger partial charge >= 0.3 is 12.1 Å². The number of aromatic carboxylic acids is 1. The van der Waals surface area contributed by atoms with Crippen LogP contribution >= 0.6 is 0 Å².